The lowest BCUT2D eigenvalue weighted by Gasteiger charge is -2.48. The molecule has 4 atom stereocenters. The normalized spacial score (nSPS) is 30.8. The van der Waals surface area contributed by atoms with E-state index in [1.807, 2.05) is 27.7 Å². The number of rotatable bonds is 6. The molecule has 7 heteroatoms. The summed E-state index contributed by atoms with van der Waals surface area (Å²) in [5, 5.41) is 12.0. The summed E-state index contributed by atoms with van der Waals surface area (Å²) in [4.78, 5) is 0. The van der Waals surface area contributed by atoms with Crippen molar-refractivity contribution in [2.75, 3.05) is 13.2 Å². The summed E-state index contributed by atoms with van der Waals surface area (Å²) in [7, 11) is -2.26. The molecular weight excluding hydrogens is 376 g/mol. The molecule has 0 unspecified atom stereocenters. The Labute approximate surface area is 171 Å². The van der Waals surface area contributed by atoms with Crippen LogP contribution in [-0.4, -0.2) is 62.1 Å². The van der Waals surface area contributed by atoms with Crippen LogP contribution in [0.5, 0.6) is 0 Å². The Bertz CT molecular complexity index is 594. The molecule has 6 nitrogen and oxygen atoms in total. The van der Waals surface area contributed by atoms with Crippen LogP contribution in [-0.2, 0) is 23.4 Å². The number of hydrogen-bond acceptors (Lipinski definition) is 6. The van der Waals surface area contributed by atoms with Gasteiger partial charge in [0.2, 0.25) is 0 Å². The Morgan fingerprint density at radius 1 is 1.07 bits per heavy atom. The van der Waals surface area contributed by atoms with Crippen molar-refractivity contribution in [2.45, 2.75) is 109 Å². The maximum atomic E-state index is 12.0. The summed E-state index contributed by atoms with van der Waals surface area (Å²) >= 11 is 0. The van der Waals surface area contributed by atoms with E-state index in [4.69, 9.17) is 23.4 Å². The van der Waals surface area contributed by atoms with Gasteiger partial charge in [0.15, 0.2) is 19.9 Å². The Kier molecular flexibility index (Phi) is 6.38. The van der Waals surface area contributed by atoms with Crippen molar-refractivity contribution in [2.24, 2.45) is 0 Å². The van der Waals surface area contributed by atoms with Crippen LogP contribution in [0.3, 0.4) is 0 Å². The average Bonchev–Trinajstić information content (AvgIpc) is 3.04. The van der Waals surface area contributed by atoms with E-state index in [0.717, 1.165) is 0 Å². The highest BCUT2D eigenvalue weighted by Crippen LogP contribution is 2.44. The van der Waals surface area contributed by atoms with Crippen molar-refractivity contribution < 1.29 is 28.5 Å². The third-order valence-corrected chi connectivity index (χ3v) is 10.7. The molecule has 0 radical (unpaired) electrons. The van der Waals surface area contributed by atoms with Crippen molar-refractivity contribution in [1.82, 2.24) is 0 Å². The monoisotopic (exact) mass is 416 g/mol. The lowest BCUT2D eigenvalue weighted by Crippen LogP contribution is -2.63. The summed E-state index contributed by atoms with van der Waals surface area (Å²) in [5.74, 6) is -1.51. The van der Waals surface area contributed by atoms with Crippen molar-refractivity contribution >= 4 is 8.32 Å². The van der Waals surface area contributed by atoms with E-state index in [1.54, 1.807) is 6.92 Å². The SMILES string of the molecule is C=C(C)[C@](O)([C@H](O[Si](C)(C)C(C)(C)C)[C@H]1COC(C)(C)O1)[C@H]1COC(C)(C)O1. The summed E-state index contributed by atoms with van der Waals surface area (Å²) < 4.78 is 30.6. The fourth-order valence-electron chi connectivity index (χ4n) is 3.41. The van der Waals surface area contributed by atoms with Crippen LogP contribution in [0.15, 0.2) is 12.2 Å². The van der Waals surface area contributed by atoms with Crippen LogP contribution in [0, 0.1) is 0 Å². The van der Waals surface area contributed by atoms with E-state index >= 15 is 0 Å². The minimum atomic E-state index is -2.26. The Morgan fingerprint density at radius 2 is 1.57 bits per heavy atom. The van der Waals surface area contributed by atoms with E-state index in [9.17, 15) is 5.11 Å². The molecule has 164 valence electrons. The largest absolute Gasteiger partial charge is 0.408 e. The third-order valence-electron chi connectivity index (χ3n) is 6.21. The number of ether oxygens (including phenoxy) is 4. The predicted octanol–water partition coefficient (Wildman–Crippen LogP) is 3.99. The molecular formula is C21H40O6Si. The van der Waals surface area contributed by atoms with Gasteiger partial charge in [-0.1, -0.05) is 27.4 Å². The molecule has 2 aliphatic rings. The molecule has 2 aliphatic heterocycles. The molecule has 0 aromatic heterocycles. The van der Waals surface area contributed by atoms with Gasteiger partial charge in [-0.25, -0.2) is 0 Å². The van der Waals surface area contributed by atoms with E-state index in [0.29, 0.717) is 12.2 Å². The molecule has 2 saturated heterocycles. The fraction of sp³-hybridized carbons (Fsp3) is 0.905. The van der Waals surface area contributed by atoms with Crippen LogP contribution >= 0.6 is 0 Å². The standard InChI is InChI=1S/C21H40O6Si/c1-14(2)21(22,16-13-24-20(8,9)26-16)17(15-12-23-19(6,7)25-15)27-28(10,11)18(3,4)5/h15-17,22H,1,12-13H2,2-11H3/t15-,16-,17-,21-/m1/s1. The van der Waals surface area contributed by atoms with E-state index < -0.39 is 43.8 Å². The van der Waals surface area contributed by atoms with Crippen molar-refractivity contribution in [3.8, 4) is 0 Å². The quantitative estimate of drug-likeness (QED) is 0.522. The zero-order valence-electron chi connectivity index (χ0n) is 19.3. The van der Waals surface area contributed by atoms with Gasteiger partial charge in [-0.3, -0.25) is 0 Å². The van der Waals surface area contributed by atoms with E-state index in [2.05, 4.69) is 40.4 Å². The van der Waals surface area contributed by atoms with Crippen molar-refractivity contribution in [3.63, 3.8) is 0 Å². The minimum Gasteiger partial charge on any atom is -0.408 e. The average molecular weight is 417 g/mol. The molecule has 0 aromatic carbocycles. The zero-order chi connectivity index (χ0) is 21.8. The van der Waals surface area contributed by atoms with E-state index in [1.165, 1.54) is 0 Å². The van der Waals surface area contributed by atoms with Gasteiger partial charge in [0.25, 0.3) is 0 Å². The second kappa shape index (κ2) is 7.44. The molecule has 0 bridgehead atoms. The molecule has 0 aromatic rings. The van der Waals surface area contributed by atoms with Crippen LogP contribution in [0.4, 0.5) is 0 Å². The van der Waals surface area contributed by atoms with Crippen LogP contribution < -0.4 is 0 Å². The molecule has 2 heterocycles. The van der Waals surface area contributed by atoms with Gasteiger partial charge in [-0.05, 0) is 58.3 Å². The topological polar surface area (TPSA) is 66.4 Å². The van der Waals surface area contributed by atoms with Gasteiger partial charge < -0.3 is 28.5 Å². The number of aliphatic hydroxyl groups is 1. The van der Waals surface area contributed by atoms with Crippen LogP contribution in [0.2, 0.25) is 18.1 Å². The highest BCUT2D eigenvalue weighted by molar-refractivity contribution is 6.74. The van der Waals surface area contributed by atoms with Gasteiger partial charge in [-0.2, -0.15) is 0 Å². The summed E-state index contributed by atoms with van der Waals surface area (Å²) in [6.45, 7) is 24.7. The molecule has 0 spiro atoms. The lowest BCUT2D eigenvalue weighted by molar-refractivity contribution is -0.204. The lowest BCUT2D eigenvalue weighted by atomic mass is 9.82. The first-order valence-corrected chi connectivity index (χ1v) is 13.0. The molecule has 0 amide bonds. The van der Waals surface area contributed by atoms with Crippen molar-refractivity contribution in [1.29, 1.82) is 0 Å². The first kappa shape index (κ1) is 24.0. The molecule has 28 heavy (non-hydrogen) atoms. The number of hydrogen-bond donors (Lipinski definition) is 1. The van der Waals surface area contributed by atoms with Gasteiger partial charge in [0.1, 0.15) is 23.9 Å². The summed E-state index contributed by atoms with van der Waals surface area (Å²) in [5.41, 5.74) is -0.909. The zero-order valence-corrected chi connectivity index (χ0v) is 20.3. The molecule has 0 aliphatic carbocycles. The predicted molar refractivity (Wildman–Crippen MR) is 112 cm³/mol. The van der Waals surface area contributed by atoms with Crippen LogP contribution in [0.1, 0.15) is 55.4 Å². The maximum Gasteiger partial charge on any atom is 0.192 e. The third kappa shape index (κ3) is 4.72. The molecule has 2 rings (SSSR count). The summed E-state index contributed by atoms with van der Waals surface area (Å²) in [6, 6.07) is 0. The van der Waals surface area contributed by atoms with Gasteiger partial charge in [-0.15, -0.1) is 0 Å². The second-order valence-corrected chi connectivity index (χ2v) is 15.3. The first-order chi connectivity index (χ1) is 12.4. The second-order valence-electron chi connectivity index (χ2n) is 10.6. The van der Waals surface area contributed by atoms with Crippen molar-refractivity contribution in [3.05, 3.63) is 12.2 Å². The van der Waals surface area contributed by atoms with E-state index in [-0.39, 0.29) is 11.6 Å². The minimum absolute atomic E-state index is 0.0392. The fourth-order valence-corrected chi connectivity index (χ4v) is 4.73. The molecule has 0 saturated carbocycles. The van der Waals surface area contributed by atoms with Crippen LogP contribution in [0.25, 0.3) is 0 Å². The Hall–Kier alpha value is -0.283. The van der Waals surface area contributed by atoms with Gasteiger partial charge in [0.05, 0.1) is 13.2 Å². The van der Waals surface area contributed by atoms with Gasteiger partial charge >= 0.3 is 0 Å². The smallest absolute Gasteiger partial charge is 0.192 e. The summed E-state index contributed by atoms with van der Waals surface area (Å²) in [6.07, 6.45) is -1.74. The highest BCUT2D eigenvalue weighted by atomic mass is 28.4. The maximum absolute atomic E-state index is 12.0. The van der Waals surface area contributed by atoms with Gasteiger partial charge in [0, 0.05) is 0 Å². The first-order valence-electron chi connectivity index (χ1n) is 10.1. The molecule has 1 N–H and O–H groups in total. The Morgan fingerprint density at radius 3 is 1.93 bits per heavy atom. The molecule has 2 fully saturated rings. The Balaban J connectivity index is 2.47. The highest BCUT2D eigenvalue weighted by Gasteiger charge is 2.58.